The fraction of sp³-hybridized carbons (Fsp3) is 0.750. The van der Waals surface area contributed by atoms with Gasteiger partial charge in [-0.3, -0.25) is 4.90 Å². The van der Waals surface area contributed by atoms with E-state index in [2.05, 4.69) is 4.98 Å². The first-order valence-corrected chi connectivity index (χ1v) is 10.4. The third-order valence-corrected chi connectivity index (χ3v) is 7.28. The van der Waals surface area contributed by atoms with Crippen LogP contribution in [0.4, 0.5) is 0 Å². The fourth-order valence-corrected chi connectivity index (χ4v) is 5.18. The molecule has 2 heterocycles. The zero-order valence-electron chi connectivity index (χ0n) is 15.0. The number of hydrogen-bond acceptors (Lipinski definition) is 6. The standard InChI is InChI=1S/C16H26N4O5S/c1-18(13-5-3-2-4-6-13)26(23,24)20-9-7-19(8-10-20)11-15-17-14(12-25-15)16(21)22/h12-13H,2-11H2,1H3,(H,21,22). The Morgan fingerprint density at radius 2 is 1.92 bits per heavy atom. The highest BCUT2D eigenvalue weighted by atomic mass is 32.2. The molecule has 146 valence electrons. The molecule has 2 aliphatic rings. The van der Waals surface area contributed by atoms with Crippen LogP contribution in [0.3, 0.4) is 0 Å². The van der Waals surface area contributed by atoms with Gasteiger partial charge in [-0.25, -0.2) is 9.78 Å². The first-order chi connectivity index (χ1) is 12.4. The molecule has 1 aliphatic carbocycles. The van der Waals surface area contributed by atoms with Crippen molar-refractivity contribution < 1.29 is 22.7 Å². The second-order valence-electron chi connectivity index (χ2n) is 6.92. The number of oxazole rings is 1. The van der Waals surface area contributed by atoms with Gasteiger partial charge in [-0.15, -0.1) is 0 Å². The molecule has 9 nitrogen and oxygen atoms in total. The van der Waals surface area contributed by atoms with Crippen molar-refractivity contribution in [1.82, 2.24) is 18.5 Å². The van der Waals surface area contributed by atoms with Crippen molar-refractivity contribution in [3.63, 3.8) is 0 Å². The number of rotatable bonds is 6. The first-order valence-electron chi connectivity index (χ1n) is 9.01. The first kappa shape index (κ1) is 19.3. The van der Waals surface area contributed by atoms with Crippen molar-refractivity contribution in [3.05, 3.63) is 17.8 Å². The van der Waals surface area contributed by atoms with Crippen molar-refractivity contribution in [1.29, 1.82) is 0 Å². The molecule has 0 spiro atoms. The zero-order valence-corrected chi connectivity index (χ0v) is 15.8. The van der Waals surface area contributed by atoms with Crippen LogP contribution < -0.4 is 0 Å². The molecule has 1 N–H and O–H groups in total. The molecule has 2 fully saturated rings. The largest absolute Gasteiger partial charge is 0.476 e. The summed E-state index contributed by atoms with van der Waals surface area (Å²) in [4.78, 5) is 16.8. The minimum Gasteiger partial charge on any atom is -0.476 e. The summed E-state index contributed by atoms with van der Waals surface area (Å²) in [6.07, 6.45) is 6.36. The quantitative estimate of drug-likeness (QED) is 0.777. The average molecular weight is 386 g/mol. The van der Waals surface area contributed by atoms with Crippen molar-refractivity contribution in [2.24, 2.45) is 0 Å². The molecule has 1 aromatic rings. The number of aromatic carboxylic acids is 1. The molecular formula is C16H26N4O5S. The van der Waals surface area contributed by atoms with Crippen LogP contribution in [0.15, 0.2) is 10.7 Å². The Hall–Kier alpha value is -1.49. The topological polar surface area (TPSA) is 107 Å². The van der Waals surface area contributed by atoms with Gasteiger partial charge in [-0.2, -0.15) is 17.0 Å². The molecule has 1 aliphatic heterocycles. The van der Waals surface area contributed by atoms with Gasteiger partial charge in [-0.1, -0.05) is 19.3 Å². The molecule has 0 bridgehead atoms. The highest BCUT2D eigenvalue weighted by Crippen LogP contribution is 2.25. The molecule has 0 amide bonds. The summed E-state index contributed by atoms with van der Waals surface area (Å²) in [6, 6.07) is 0.105. The number of hydrogen-bond donors (Lipinski definition) is 1. The Morgan fingerprint density at radius 3 is 2.50 bits per heavy atom. The molecule has 0 atom stereocenters. The van der Waals surface area contributed by atoms with E-state index >= 15 is 0 Å². The molecule has 1 aromatic heterocycles. The lowest BCUT2D eigenvalue weighted by atomic mass is 9.96. The molecule has 0 unspecified atom stereocenters. The van der Waals surface area contributed by atoms with Crippen LogP contribution in [0.1, 0.15) is 48.5 Å². The minimum atomic E-state index is -3.44. The number of nitrogens with zero attached hydrogens (tertiary/aromatic N) is 4. The number of carbonyl (C=O) groups is 1. The Labute approximate surface area is 153 Å². The Bertz CT molecular complexity index is 721. The van der Waals surface area contributed by atoms with E-state index in [0.717, 1.165) is 31.9 Å². The Morgan fingerprint density at radius 1 is 1.27 bits per heavy atom. The van der Waals surface area contributed by atoms with Gasteiger partial charge in [0, 0.05) is 39.3 Å². The lowest BCUT2D eigenvalue weighted by Gasteiger charge is -2.38. The van der Waals surface area contributed by atoms with Crippen molar-refractivity contribution in [2.45, 2.75) is 44.7 Å². The summed E-state index contributed by atoms with van der Waals surface area (Å²) >= 11 is 0. The number of aromatic nitrogens is 1. The van der Waals surface area contributed by atoms with Crippen LogP contribution in [0, 0.1) is 0 Å². The normalized spacial score (nSPS) is 21.3. The maximum Gasteiger partial charge on any atom is 0.357 e. The Kier molecular flexibility index (Phi) is 5.96. The van der Waals surface area contributed by atoms with E-state index in [1.807, 2.05) is 4.90 Å². The Balaban J connectivity index is 1.54. The smallest absolute Gasteiger partial charge is 0.357 e. The number of carboxylic acids is 1. The third kappa shape index (κ3) is 4.25. The highest BCUT2D eigenvalue weighted by Gasteiger charge is 2.34. The van der Waals surface area contributed by atoms with E-state index in [1.165, 1.54) is 10.7 Å². The van der Waals surface area contributed by atoms with Crippen LogP contribution in [0.2, 0.25) is 0 Å². The van der Waals surface area contributed by atoms with Gasteiger partial charge in [0.2, 0.25) is 5.89 Å². The molecule has 3 rings (SSSR count). The van der Waals surface area contributed by atoms with Gasteiger partial charge in [0.25, 0.3) is 10.2 Å². The maximum atomic E-state index is 12.9. The molecule has 1 saturated carbocycles. The van der Waals surface area contributed by atoms with Gasteiger partial charge in [0.05, 0.1) is 6.54 Å². The average Bonchev–Trinajstić information content (AvgIpc) is 3.11. The SMILES string of the molecule is CN(C1CCCCC1)S(=O)(=O)N1CCN(Cc2nc(C(=O)O)co2)CC1. The number of piperazine rings is 1. The van der Waals surface area contributed by atoms with Crippen molar-refractivity contribution in [2.75, 3.05) is 33.2 Å². The van der Waals surface area contributed by atoms with Gasteiger partial charge in [0.1, 0.15) is 6.26 Å². The molecular weight excluding hydrogens is 360 g/mol. The van der Waals surface area contributed by atoms with Crippen LogP contribution in [-0.2, 0) is 16.8 Å². The predicted octanol–water partition coefficient (Wildman–Crippen LogP) is 1.000. The summed E-state index contributed by atoms with van der Waals surface area (Å²) in [6.45, 7) is 2.31. The number of carboxylic acid groups (broad SMARTS) is 1. The van der Waals surface area contributed by atoms with Crippen LogP contribution in [-0.4, -0.2) is 77.3 Å². The van der Waals surface area contributed by atoms with Gasteiger partial charge in [-0.05, 0) is 12.8 Å². The van der Waals surface area contributed by atoms with Crippen molar-refractivity contribution in [3.8, 4) is 0 Å². The summed E-state index contributed by atoms with van der Waals surface area (Å²) in [5, 5.41) is 8.87. The van der Waals surface area contributed by atoms with Gasteiger partial charge >= 0.3 is 5.97 Å². The van der Waals surface area contributed by atoms with E-state index in [-0.39, 0.29) is 11.7 Å². The highest BCUT2D eigenvalue weighted by molar-refractivity contribution is 7.86. The van der Waals surface area contributed by atoms with Crippen molar-refractivity contribution >= 4 is 16.2 Å². The van der Waals surface area contributed by atoms with E-state index in [4.69, 9.17) is 9.52 Å². The van der Waals surface area contributed by atoms with E-state index in [9.17, 15) is 13.2 Å². The predicted molar refractivity (Wildman–Crippen MR) is 93.9 cm³/mol. The van der Waals surface area contributed by atoms with Crippen LogP contribution in [0.25, 0.3) is 0 Å². The molecule has 0 radical (unpaired) electrons. The summed E-state index contributed by atoms with van der Waals surface area (Å²) in [5.41, 5.74) is -0.115. The summed E-state index contributed by atoms with van der Waals surface area (Å²) < 4.78 is 34.0. The zero-order chi connectivity index (χ0) is 18.7. The molecule has 1 saturated heterocycles. The molecule has 0 aromatic carbocycles. The third-order valence-electron chi connectivity index (χ3n) is 5.24. The lowest BCUT2D eigenvalue weighted by molar-refractivity contribution is 0.0690. The molecule has 26 heavy (non-hydrogen) atoms. The maximum absolute atomic E-state index is 12.9. The van der Waals surface area contributed by atoms with Gasteiger partial charge in [0.15, 0.2) is 5.69 Å². The van der Waals surface area contributed by atoms with E-state index < -0.39 is 16.2 Å². The second kappa shape index (κ2) is 8.03. The minimum absolute atomic E-state index is 0.105. The second-order valence-corrected chi connectivity index (χ2v) is 8.91. The monoisotopic (exact) mass is 386 g/mol. The lowest BCUT2D eigenvalue weighted by Crippen LogP contribution is -2.54. The van der Waals surface area contributed by atoms with Gasteiger partial charge < -0.3 is 9.52 Å². The van der Waals surface area contributed by atoms with E-state index in [0.29, 0.717) is 38.6 Å². The van der Waals surface area contributed by atoms with E-state index in [1.54, 1.807) is 11.4 Å². The van der Waals surface area contributed by atoms with Crippen LogP contribution in [0.5, 0.6) is 0 Å². The summed E-state index contributed by atoms with van der Waals surface area (Å²) in [5.74, 6) is -0.792. The molecule has 10 heteroatoms. The van der Waals surface area contributed by atoms with Crippen LogP contribution >= 0.6 is 0 Å². The summed E-state index contributed by atoms with van der Waals surface area (Å²) in [7, 11) is -1.75. The fourth-order valence-electron chi connectivity index (χ4n) is 3.61.